The second-order valence-corrected chi connectivity index (χ2v) is 2.63. The molecule has 1 aliphatic rings. The lowest BCUT2D eigenvalue weighted by atomic mass is 10.1. The number of dihydropyridines is 1. The van der Waals surface area contributed by atoms with Crippen LogP contribution in [-0.2, 0) is 4.79 Å². The molecule has 0 fully saturated rings. The average molecular weight is 220 g/mol. The van der Waals surface area contributed by atoms with Gasteiger partial charge in [0.2, 0.25) is 0 Å². The molecule has 4 heteroatoms. The van der Waals surface area contributed by atoms with Crippen molar-refractivity contribution in [2.24, 2.45) is 0 Å². The Morgan fingerprint density at radius 3 is 3.09 bits per heavy atom. The molecule has 1 rings (SSSR count). The van der Waals surface area contributed by atoms with Gasteiger partial charge < -0.3 is 5.32 Å². The molecule has 0 aromatic carbocycles. The Kier molecular flexibility index (Phi) is 2.82. The number of Topliss-reactive ketones (excluding diaryl/α,β-unsaturated/α-hetero) is 1. The van der Waals surface area contributed by atoms with Gasteiger partial charge in [0.25, 0.3) is 0 Å². The lowest BCUT2D eigenvalue weighted by Gasteiger charge is -2.08. The van der Waals surface area contributed by atoms with Gasteiger partial charge in [-0.25, -0.2) is 0 Å². The molecule has 1 heterocycles. The molecule has 0 amide bonds. The number of ketones is 1. The van der Waals surface area contributed by atoms with Gasteiger partial charge in [-0.1, -0.05) is 22.0 Å². The van der Waals surface area contributed by atoms with Gasteiger partial charge in [0.1, 0.15) is 0 Å². The molecule has 11 heavy (non-hydrogen) atoms. The Morgan fingerprint density at radius 2 is 2.55 bits per heavy atom. The first-order valence-corrected chi connectivity index (χ1v) is 4.27. The molecule has 1 aliphatic heterocycles. The van der Waals surface area contributed by atoms with Crippen molar-refractivity contribution in [3.63, 3.8) is 0 Å². The molecule has 1 N–H and O–H groups in total. The van der Waals surface area contributed by atoms with Crippen molar-refractivity contribution in [3.8, 4) is 0 Å². The number of hydrogen-bond donors (Lipinski definition) is 1. The molecule has 0 spiro atoms. The highest BCUT2D eigenvalue weighted by Gasteiger charge is 2.13. The third-order valence-corrected chi connectivity index (χ3v) is 1.83. The van der Waals surface area contributed by atoms with Crippen molar-refractivity contribution < 1.29 is 9.18 Å². The summed E-state index contributed by atoms with van der Waals surface area (Å²) in [7, 11) is 0. The van der Waals surface area contributed by atoms with Crippen molar-refractivity contribution in [1.82, 2.24) is 5.32 Å². The van der Waals surface area contributed by atoms with E-state index < -0.39 is 5.95 Å². The Hall–Kier alpha value is -0.640. The number of hydrogen-bond acceptors (Lipinski definition) is 2. The van der Waals surface area contributed by atoms with Crippen LogP contribution < -0.4 is 5.32 Å². The van der Waals surface area contributed by atoms with E-state index in [0.717, 1.165) is 0 Å². The quantitative estimate of drug-likeness (QED) is 0.561. The van der Waals surface area contributed by atoms with Gasteiger partial charge in [0.05, 0.1) is 10.9 Å². The second kappa shape index (κ2) is 3.67. The maximum atomic E-state index is 12.8. The lowest BCUT2D eigenvalue weighted by molar-refractivity contribution is -0.113. The molecule has 0 aromatic rings. The predicted molar refractivity (Wildman–Crippen MR) is 44.1 cm³/mol. The van der Waals surface area contributed by atoms with E-state index in [1.54, 1.807) is 6.08 Å². The van der Waals surface area contributed by atoms with Gasteiger partial charge in [0, 0.05) is 6.54 Å². The highest BCUT2D eigenvalue weighted by Crippen LogP contribution is 2.11. The molecule has 0 radical (unpaired) electrons. The fourth-order valence-corrected chi connectivity index (χ4v) is 1.08. The minimum atomic E-state index is -0.531. The number of halogens is 2. The molecule has 0 unspecified atom stereocenters. The summed E-state index contributed by atoms with van der Waals surface area (Å²) in [5.74, 6) is -0.775. The normalized spacial score (nSPS) is 16.5. The summed E-state index contributed by atoms with van der Waals surface area (Å²) < 4.78 is 12.8. The van der Waals surface area contributed by atoms with Gasteiger partial charge in [-0.15, -0.1) is 0 Å². The summed E-state index contributed by atoms with van der Waals surface area (Å²) in [4.78, 5) is 10.9. The summed E-state index contributed by atoms with van der Waals surface area (Å²) >= 11 is 2.97. The van der Waals surface area contributed by atoms with Crippen LogP contribution in [0, 0.1) is 0 Å². The summed E-state index contributed by atoms with van der Waals surface area (Å²) in [6.07, 6.45) is 3.20. The minimum absolute atomic E-state index is 0.119. The largest absolute Gasteiger partial charge is 0.358 e. The van der Waals surface area contributed by atoms with Crippen molar-refractivity contribution in [1.29, 1.82) is 0 Å². The maximum Gasteiger partial charge on any atom is 0.198 e. The van der Waals surface area contributed by atoms with E-state index in [9.17, 15) is 9.18 Å². The van der Waals surface area contributed by atoms with Crippen LogP contribution in [0.15, 0.2) is 23.7 Å². The summed E-state index contributed by atoms with van der Waals surface area (Å²) in [6.45, 7) is 0.449. The molecule has 60 valence electrons. The Morgan fingerprint density at radius 1 is 1.82 bits per heavy atom. The number of allylic oxidation sites excluding steroid dienone is 2. The zero-order chi connectivity index (χ0) is 8.27. The van der Waals surface area contributed by atoms with Crippen molar-refractivity contribution in [3.05, 3.63) is 23.7 Å². The molecule has 0 atom stereocenters. The zero-order valence-electron chi connectivity index (χ0n) is 5.73. The van der Waals surface area contributed by atoms with Gasteiger partial charge in [-0.2, -0.15) is 4.39 Å². The topological polar surface area (TPSA) is 29.1 Å². The van der Waals surface area contributed by atoms with E-state index in [1.165, 1.54) is 6.08 Å². The second-order valence-electron chi connectivity index (χ2n) is 2.07. The van der Waals surface area contributed by atoms with Crippen LogP contribution in [0.2, 0.25) is 0 Å². The van der Waals surface area contributed by atoms with Crippen LogP contribution in [0.25, 0.3) is 0 Å². The van der Waals surface area contributed by atoms with Gasteiger partial charge in [-0.05, 0) is 6.08 Å². The highest BCUT2D eigenvalue weighted by atomic mass is 79.9. The van der Waals surface area contributed by atoms with Gasteiger partial charge >= 0.3 is 0 Å². The first kappa shape index (κ1) is 8.46. The maximum absolute atomic E-state index is 12.8. The van der Waals surface area contributed by atoms with Crippen LogP contribution >= 0.6 is 15.9 Å². The molecule has 0 aliphatic carbocycles. The van der Waals surface area contributed by atoms with E-state index in [-0.39, 0.29) is 16.7 Å². The zero-order valence-corrected chi connectivity index (χ0v) is 7.32. The standard InChI is InChI=1S/C7H7BrFNO/c8-4-6(11)5-2-1-3-10-7(5)9/h1-2,10H,3-4H2. The van der Waals surface area contributed by atoms with E-state index in [2.05, 4.69) is 21.2 Å². The first-order chi connectivity index (χ1) is 5.25. The molecule has 0 saturated carbocycles. The SMILES string of the molecule is O=C(CBr)C1=C(F)NCC=C1. The Labute approximate surface area is 72.3 Å². The molecule has 0 bridgehead atoms. The molecule has 2 nitrogen and oxygen atoms in total. The van der Waals surface area contributed by atoms with E-state index in [1.807, 2.05) is 0 Å². The summed E-state index contributed by atoms with van der Waals surface area (Å²) in [5.41, 5.74) is 0.119. The average Bonchev–Trinajstić information content (AvgIpc) is 2.04. The fourth-order valence-electron chi connectivity index (χ4n) is 0.781. The minimum Gasteiger partial charge on any atom is -0.358 e. The van der Waals surface area contributed by atoms with Gasteiger partial charge in [-0.3, -0.25) is 4.79 Å². The Balaban J connectivity index is 2.83. The van der Waals surface area contributed by atoms with Crippen molar-refractivity contribution in [2.45, 2.75) is 0 Å². The van der Waals surface area contributed by atoms with Crippen LogP contribution in [-0.4, -0.2) is 17.7 Å². The van der Waals surface area contributed by atoms with E-state index in [4.69, 9.17) is 0 Å². The lowest BCUT2D eigenvalue weighted by Crippen LogP contribution is -2.19. The predicted octanol–water partition coefficient (Wildman–Crippen LogP) is 1.29. The monoisotopic (exact) mass is 219 g/mol. The fraction of sp³-hybridized carbons (Fsp3) is 0.286. The number of carbonyl (C=O) groups is 1. The van der Waals surface area contributed by atoms with Crippen LogP contribution in [0.1, 0.15) is 0 Å². The molecule has 0 saturated heterocycles. The Bertz CT molecular complexity index is 235. The van der Waals surface area contributed by atoms with Crippen molar-refractivity contribution >= 4 is 21.7 Å². The van der Waals surface area contributed by atoms with Gasteiger partial charge in [0.15, 0.2) is 11.7 Å². The van der Waals surface area contributed by atoms with Crippen LogP contribution in [0.5, 0.6) is 0 Å². The molecular formula is C7H7BrFNO. The van der Waals surface area contributed by atoms with Crippen LogP contribution in [0.3, 0.4) is 0 Å². The number of alkyl halides is 1. The summed E-state index contributed by atoms with van der Waals surface area (Å²) in [5, 5.41) is 2.59. The first-order valence-electron chi connectivity index (χ1n) is 3.15. The summed E-state index contributed by atoms with van der Waals surface area (Å²) in [6, 6.07) is 0. The third-order valence-electron chi connectivity index (χ3n) is 1.32. The van der Waals surface area contributed by atoms with Crippen LogP contribution in [0.4, 0.5) is 4.39 Å². The number of nitrogens with one attached hydrogen (secondary N) is 1. The number of rotatable bonds is 2. The smallest absolute Gasteiger partial charge is 0.198 e. The third kappa shape index (κ3) is 1.89. The number of carbonyl (C=O) groups excluding carboxylic acids is 1. The van der Waals surface area contributed by atoms with Crippen molar-refractivity contribution in [2.75, 3.05) is 11.9 Å². The highest BCUT2D eigenvalue weighted by molar-refractivity contribution is 9.09. The molecular weight excluding hydrogens is 213 g/mol. The molecule has 0 aromatic heterocycles. The van der Waals surface area contributed by atoms with E-state index >= 15 is 0 Å². The van der Waals surface area contributed by atoms with E-state index in [0.29, 0.717) is 6.54 Å².